The number of hydrogen-bond acceptors (Lipinski definition) is 2. The zero-order valence-corrected chi connectivity index (χ0v) is 12.9. The second kappa shape index (κ2) is 4.54. The Bertz CT molecular complexity index is 761. The van der Waals surface area contributed by atoms with Crippen LogP contribution in [0.4, 0.5) is 0 Å². The van der Waals surface area contributed by atoms with Crippen molar-refractivity contribution in [3.63, 3.8) is 0 Å². The molecule has 1 aromatic heterocycles. The molecule has 0 N–H and O–H groups in total. The minimum atomic E-state index is -0.234. The third kappa shape index (κ3) is 1.72. The molecule has 3 aromatic rings. The first-order chi connectivity index (χ1) is 8.72. The Kier molecular flexibility index (Phi) is 3.02. The van der Waals surface area contributed by atoms with Gasteiger partial charge in [-0.15, -0.1) is 0 Å². The number of benzene rings is 2. The molecule has 0 fully saturated rings. The van der Waals surface area contributed by atoms with Gasteiger partial charge in [0.25, 0.3) is 0 Å². The zero-order valence-electron chi connectivity index (χ0n) is 9.57. The summed E-state index contributed by atoms with van der Waals surface area (Å²) in [7, 11) is 1.42. The Labute approximate surface area is 118 Å². The molecule has 0 saturated heterocycles. The average Bonchev–Trinajstić information content (AvgIpc) is 2.76. The van der Waals surface area contributed by atoms with E-state index in [0.717, 1.165) is 14.3 Å². The fraction of sp³-hybridized carbons (Fsp3) is 0.0714. The third-order valence-corrected chi connectivity index (χ3v) is 6.86. The molecule has 0 aliphatic carbocycles. The topological polar surface area (TPSA) is 26.3 Å². The average molecular weight is 368 g/mol. The summed E-state index contributed by atoms with van der Waals surface area (Å²) in [6.45, 7) is 0. The van der Waals surface area contributed by atoms with Gasteiger partial charge in [-0.3, -0.25) is 0 Å². The number of carbonyl (C=O) groups excluding carboxylic acids is 1. The van der Waals surface area contributed by atoms with Crippen LogP contribution < -0.4 is 0 Å². The van der Waals surface area contributed by atoms with Gasteiger partial charge in [-0.2, -0.15) is 0 Å². The van der Waals surface area contributed by atoms with E-state index in [1.165, 1.54) is 22.1 Å². The number of ether oxygens (including phenoxy) is 1. The second-order valence-corrected chi connectivity index (χ2v) is 6.83. The van der Waals surface area contributed by atoms with E-state index >= 15 is 0 Å². The van der Waals surface area contributed by atoms with Crippen molar-refractivity contribution >= 4 is 56.8 Å². The molecular formula is C14H9BrO2Se. The molecule has 1 heterocycles. The summed E-state index contributed by atoms with van der Waals surface area (Å²) < 4.78 is 7.74. The third-order valence-electron chi connectivity index (χ3n) is 2.89. The van der Waals surface area contributed by atoms with Gasteiger partial charge in [0.2, 0.25) is 0 Å². The van der Waals surface area contributed by atoms with Crippen LogP contribution in [0.5, 0.6) is 0 Å². The van der Waals surface area contributed by atoms with Gasteiger partial charge in [-0.05, 0) is 0 Å². The van der Waals surface area contributed by atoms with Gasteiger partial charge < -0.3 is 0 Å². The number of carbonyl (C=O) groups is 1. The van der Waals surface area contributed by atoms with Crippen molar-refractivity contribution in [1.29, 1.82) is 0 Å². The molecule has 0 aliphatic heterocycles. The Balaban J connectivity index is 2.42. The summed E-state index contributed by atoms with van der Waals surface area (Å²) in [6.07, 6.45) is 0. The summed E-state index contributed by atoms with van der Waals surface area (Å²) in [5, 5.41) is 3.56. The number of hydrogen-bond donors (Lipinski definition) is 0. The van der Waals surface area contributed by atoms with E-state index in [4.69, 9.17) is 4.74 Å². The van der Waals surface area contributed by atoms with Crippen molar-refractivity contribution in [2.45, 2.75) is 0 Å². The van der Waals surface area contributed by atoms with Crippen molar-refractivity contribution in [2.24, 2.45) is 0 Å². The molecule has 0 spiro atoms. The van der Waals surface area contributed by atoms with Crippen molar-refractivity contribution in [3.8, 4) is 0 Å². The molecule has 0 amide bonds. The van der Waals surface area contributed by atoms with Crippen LogP contribution in [0.2, 0.25) is 0 Å². The fourth-order valence-electron chi connectivity index (χ4n) is 2.02. The van der Waals surface area contributed by atoms with E-state index in [0.29, 0.717) is 0 Å². The minimum absolute atomic E-state index is 0.00211. The van der Waals surface area contributed by atoms with E-state index in [1.54, 1.807) is 0 Å². The quantitative estimate of drug-likeness (QED) is 0.485. The predicted octanol–water partition coefficient (Wildman–Crippen LogP) is 3.60. The van der Waals surface area contributed by atoms with Gasteiger partial charge in [0.15, 0.2) is 0 Å². The van der Waals surface area contributed by atoms with Crippen LogP contribution in [-0.4, -0.2) is 27.6 Å². The summed E-state index contributed by atoms with van der Waals surface area (Å²) in [5.74, 6) is -0.234. The first-order valence-electron chi connectivity index (χ1n) is 5.40. The van der Waals surface area contributed by atoms with Gasteiger partial charge >= 0.3 is 119 Å². The van der Waals surface area contributed by atoms with Crippen molar-refractivity contribution in [1.82, 2.24) is 0 Å². The van der Waals surface area contributed by atoms with E-state index in [1.807, 2.05) is 12.1 Å². The van der Waals surface area contributed by atoms with Gasteiger partial charge in [0, 0.05) is 0 Å². The molecule has 3 rings (SSSR count). The van der Waals surface area contributed by atoms with Crippen molar-refractivity contribution in [2.75, 3.05) is 7.11 Å². The first-order valence-corrected chi connectivity index (χ1v) is 7.91. The summed E-state index contributed by atoms with van der Waals surface area (Å²) in [5.41, 5.74) is 0. The molecule has 0 bridgehead atoms. The molecule has 0 aliphatic rings. The number of fused-ring (bicyclic) bond motifs is 3. The van der Waals surface area contributed by atoms with Gasteiger partial charge in [0.1, 0.15) is 0 Å². The number of rotatable bonds is 1. The van der Waals surface area contributed by atoms with Crippen LogP contribution in [-0.2, 0) is 4.74 Å². The zero-order chi connectivity index (χ0) is 12.7. The number of esters is 1. The standard InChI is InChI=1S/C14H9BrO2Se/c1-17-14(16)13-11(15)10-7-6-8-4-2-3-5-9(8)12(10)18-13/h2-7H,1H3. The Morgan fingerprint density at radius 2 is 1.94 bits per heavy atom. The summed E-state index contributed by atoms with van der Waals surface area (Å²) >= 11 is 3.53. The Morgan fingerprint density at radius 1 is 1.17 bits per heavy atom. The number of halogens is 1. The molecule has 18 heavy (non-hydrogen) atoms. The summed E-state index contributed by atoms with van der Waals surface area (Å²) in [4.78, 5) is 11.7. The van der Waals surface area contributed by atoms with E-state index in [-0.39, 0.29) is 20.5 Å². The van der Waals surface area contributed by atoms with Crippen molar-refractivity contribution in [3.05, 3.63) is 45.3 Å². The molecule has 4 heteroatoms. The maximum atomic E-state index is 11.7. The van der Waals surface area contributed by atoms with Gasteiger partial charge in [0.05, 0.1) is 0 Å². The van der Waals surface area contributed by atoms with Crippen molar-refractivity contribution < 1.29 is 9.53 Å². The molecule has 2 nitrogen and oxygen atoms in total. The van der Waals surface area contributed by atoms with Crippen LogP contribution in [0.3, 0.4) is 0 Å². The van der Waals surface area contributed by atoms with Crippen LogP contribution in [0.25, 0.3) is 20.4 Å². The predicted molar refractivity (Wildman–Crippen MR) is 77.4 cm³/mol. The van der Waals surface area contributed by atoms with E-state index in [2.05, 4.69) is 40.2 Å². The SMILES string of the molecule is COC(=O)c1[se]c2c(ccc3ccccc32)c1Br. The van der Waals surface area contributed by atoms with E-state index in [9.17, 15) is 4.79 Å². The number of methoxy groups -OCH3 is 1. The van der Waals surface area contributed by atoms with Crippen LogP contribution in [0, 0.1) is 0 Å². The van der Waals surface area contributed by atoms with Gasteiger partial charge in [-0.25, -0.2) is 0 Å². The molecule has 2 aromatic carbocycles. The molecule has 0 atom stereocenters. The molecule has 0 radical (unpaired) electrons. The fourth-order valence-corrected chi connectivity index (χ4v) is 5.63. The maximum absolute atomic E-state index is 11.7. The second-order valence-electron chi connectivity index (χ2n) is 3.90. The first kappa shape index (κ1) is 12.0. The van der Waals surface area contributed by atoms with E-state index < -0.39 is 0 Å². The molecule has 0 saturated carbocycles. The molecule has 90 valence electrons. The van der Waals surface area contributed by atoms with Crippen LogP contribution in [0.1, 0.15) is 9.23 Å². The Morgan fingerprint density at radius 3 is 2.72 bits per heavy atom. The van der Waals surface area contributed by atoms with Gasteiger partial charge in [-0.1, -0.05) is 0 Å². The molecule has 0 unspecified atom stereocenters. The Hall–Kier alpha value is -1.09. The monoisotopic (exact) mass is 368 g/mol. The summed E-state index contributed by atoms with van der Waals surface area (Å²) in [6, 6.07) is 12.4. The van der Waals surface area contributed by atoms with Crippen LogP contribution >= 0.6 is 15.9 Å². The molecular weight excluding hydrogens is 359 g/mol. The normalized spacial score (nSPS) is 11.0. The van der Waals surface area contributed by atoms with Crippen LogP contribution in [0.15, 0.2) is 40.9 Å².